The van der Waals surface area contributed by atoms with Gasteiger partial charge in [-0.2, -0.15) is 0 Å². The van der Waals surface area contributed by atoms with E-state index in [1.165, 1.54) is 109 Å². The van der Waals surface area contributed by atoms with Crippen molar-refractivity contribution in [3.05, 3.63) is 169 Å². The third-order valence-corrected chi connectivity index (χ3v) is 11.5. The van der Waals surface area contributed by atoms with E-state index in [0.717, 1.165) is 0 Å². The molecule has 0 saturated carbocycles. The summed E-state index contributed by atoms with van der Waals surface area (Å²) < 4.78 is 0. The molecule has 0 atom stereocenters. The van der Waals surface area contributed by atoms with Crippen LogP contribution in [0, 0.1) is 0 Å². The first-order chi connectivity index (χ1) is 24.0. The highest BCUT2D eigenvalue weighted by molar-refractivity contribution is 6.25. The Labute approximate surface area is 285 Å². The molecule has 0 amide bonds. The number of benzene rings is 10. The summed E-state index contributed by atoms with van der Waals surface area (Å²) in [5, 5.41) is 15.9. The lowest BCUT2D eigenvalue weighted by Gasteiger charge is -2.24. The highest BCUT2D eigenvalue weighted by Crippen LogP contribution is 2.55. The average molecular weight is 621 g/mol. The summed E-state index contributed by atoms with van der Waals surface area (Å²) in [4.78, 5) is 0. The van der Waals surface area contributed by atoms with Gasteiger partial charge < -0.3 is 0 Å². The summed E-state index contributed by atoms with van der Waals surface area (Å²) in [5.41, 5.74) is 10.6. The van der Waals surface area contributed by atoms with Crippen LogP contribution in [0.3, 0.4) is 0 Å². The molecule has 0 unspecified atom stereocenters. The van der Waals surface area contributed by atoms with Gasteiger partial charge in [0.15, 0.2) is 0 Å². The van der Waals surface area contributed by atoms with Gasteiger partial charge in [0, 0.05) is 5.41 Å². The molecule has 0 aromatic heterocycles. The van der Waals surface area contributed by atoms with Crippen molar-refractivity contribution in [2.45, 2.75) is 19.3 Å². The maximum absolute atomic E-state index is 2.47. The van der Waals surface area contributed by atoms with Crippen LogP contribution < -0.4 is 0 Å². The minimum absolute atomic E-state index is 0.110. The van der Waals surface area contributed by atoms with Crippen LogP contribution in [0.15, 0.2) is 158 Å². The lowest BCUT2D eigenvalue weighted by Crippen LogP contribution is -2.15. The molecule has 10 aromatic carbocycles. The van der Waals surface area contributed by atoms with Crippen LogP contribution in [0.1, 0.15) is 25.0 Å². The monoisotopic (exact) mass is 620 g/mol. The van der Waals surface area contributed by atoms with E-state index in [4.69, 9.17) is 0 Å². The smallest absolute Gasteiger partial charge is 0.0165 e. The van der Waals surface area contributed by atoms with E-state index in [2.05, 4.69) is 172 Å². The highest BCUT2D eigenvalue weighted by Gasteiger charge is 2.38. The standard InChI is InChI=1S/C49H32/c1-49(2)44-28-36-26-34(20-21-35(36)27-43(44)47-40-12-5-3-10-38(40)39-11-4-6-13-42(39)48(47)49)29-14-16-30(17-15-29)37-24-22-33-19-18-31-8-7-9-32-23-25-41(37)46(33)45(31)32/h3-28H,1-2H3. The molecular formula is C49H32. The third kappa shape index (κ3) is 3.64. The van der Waals surface area contributed by atoms with Gasteiger partial charge >= 0.3 is 0 Å². The molecule has 1 aliphatic carbocycles. The van der Waals surface area contributed by atoms with Crippen molar-refractivity contribution in [2.75, 3.05) is 0 Å². The van der Waals surface area contributed by atoms with E-state index in [9.17, 15) is 0 Å². The zero-order valence-electron chi connectivity index (χ0n) is 27.5. The van der Waals surface area contributed by atoms with Crippen molar-refractivity contribution in [3.8, 4) is 33.4 Å². The first-order valence-electron chi connectivity index (χ1n) is 17.3. The van der Waals surface area contributed by atoms with Crippen molar-refractivity contribution in [3.63, 3.8) is 0 Å². The first kappa shape index (κ1) is 27.0. The molecule has 0 heteroatoms. The molecule has 1 aliphatic rings. The van der Waals surface area contributed by atoms with E-state index in [0.29, 0.717) is 0 Å². The van der Waals surface area contributed by atoms with Crippen LogP contribution >= 0.6 is 0 Å². The molecule has 0 nitrogen and oxygen atoms in total. The Balaban J connectivity index is 1.03. The molecule has 10 aromatic rings. The Morgan fingerprint density at radius 3 is 1.71 bits per heavy atom. The van der Waals surface area contributed by atoms with E-state index in [1.54, 1.807) is 0 Å². The molecule has 0 spiro atoms. The Bertz CT molecular complexity index is 2980. The Morgan fingerprint density at radius 2 is 0.939 bits per heavy atom. The van der Waals surface area contributed by atoms with Crippen molar-refractivity contribution in [1.29, 1.82) is 0 Å². The maximum atomic E-state index is 2.47. The van der Waals surface area contributed by atoms with Gasteiger partial charge in [0.05, 0.1) is 0 Å². The Hall–Kier alpha value is -5.98. The van der Waals surface area contributed by atoms with Gasteiger partial charge in [-0.1, -0.05) is 153 Å². The van der Waals surface area contributed by atoms with Crippen LogP contribution in [-0.2, 0) is 5.41 Å². The highest BCUT2D eigenvalue weighted by atomic mass is 14.4. The molecule has 0 bridgehead atoms. The summed E-state index contributed by atoms with van der Waals surface area (Å²) in [5.74, 6) is 0. The Kier molecular flexibility index (Phi) is 5.27. The summed E-state index contributed by atoms with van der Waals surface area (Å²) in [6.07, 6.45) is 0. The topological polar surface area (TPSA) is 0 Å². The molecule has 0 heterocycles. The van der Waals surface area contributed by atoms with E-state index < -0.39 is 0 Å². The largest absolute Gasteiger partial charge is 0.0616 e. The minimum atomic E-state index is -0.110. The summed E-state index contributed by atoms with van der Waals surface area (Å²) in [6, 6.07) is 59.3. The molecule has 228 valence electrons. The number of rotatable bonds is 2. The van der Waals surface area contributed by atoms with Crippen LogP contribution in [0.25, 0.3) is 98.0 Å². The van der Waals surface area contributed by atoms with E-state index >= 15 is 0 Å². The fourth-order valence-corrected chi connectivity index (χ4v) is 9.24. The van der Waals surface area contributed by atoms with Crippen LogP contribution in [0.4, 0.5) is 0 Å². The molecule has 49 heavy (non-hydrogen) atoms. The third-order valence-electron chi connectivity index (χ3n) is 11.5. The molecule has 0 aliphatic heterocycles. The summed E-state index contributed by atoms with van der Waals surface area (Å²) in [7, 11) is 0. The van der Waals surface area contributed by atoms with Crippen LogP contribution in [0.5, 0.6) is 0 Å². The van der Waals surface area contributed by atoms with Gasteiger partial charge in [0.1, 0.15) is 0 Å². The molecule has 0 saturated heterocycles. The zero-order chi connectivity index (χ0) is 32.4. The SMILES string of the molecule is CC1(C)c2cc3cc(-c4ccc(-c5ccc6ccc7cccc8ccc5c6c78)cc4)ccc3cc2-c2c1c1ccccc1c1ccccc21. The fourth-order valence-electron chi connectivity index (χ4n) is 9.24. The zero-order valence-corrected chi connectivity index (χ0v) is 27.5. The van der Waals surface area contributed by atoms with Crippen molar-refractivity contribution >= 4 is 64.6 Å². The van der Waals surface area contributed by atoms with Gasteiger partial charge in [-0.3, -0.25) is 0 Å². The van der Waals surface area contributed by atoms with Crippen molar-refractivity contribution < 1.29 is 0 Å². The second kappa shape index (κ2) is 9.56. The van der Waals surface area contributed by atoms with Crippen molar-refractivity contribution in [1.82, 2.24) is 0 Å². The van der Waals surface area contributed by atoms with E-state index in [1.807, 2.05) is 0 Å². The minimum Gasteiger partial charge on any atom is -0.0616 e. The lowest BCUT2D eigenvalue weighted by atomic mass is 9.79. The molecule has 0 radical (unpaired) electrons. The van der Waals surface area contributed by atoms with Crippen LogP contribution in [0.2, 0.25) is 0 Å². The predicted molar refractivity (Wildman–Crippen MR) is 211 cm³/mol. The number of fused-ring (bicyclic) bond motifs is 9. The van der Waals surface area contributed by atoms with Crippen LogP contribution in [-0.4, -0.2) is 0 Å². The van der Waals surface area contributed by atoms with Gasteiger partial charge in [-0.25, -0.2) is 0 Å². The van der Waals surface area contributed by atoms with Gasteiger partial charge in [0.2, 0.25) is 0 Å². The predicted octanol–water partition coefficient (Wildman–Crippen LogP) is 13.7. The summed E-state index contributed by atoms with van der Waals surface area (Å²) >= 11 is 0. The first-order valence-corrected chi connectivity index (χ1v) is 17.3. The van der Waals surface area contributed by atoms with Gasteiger partial charge in [-0.05, 0) is 127 Å². The van der Waals surface area contributed by atoms with E-state index in [-0.39, 0.29) is 5.41 Å². The quantitative estimate of drug-likeness (QED) is 0.169. The molecular weight excluding hydrogens is 589 g/mol. The average Bonchev–Trinajstić information content (AvgIpc) is 3.38. The normalized spacial score (nSPS) is 13.7. The second-order valence-corrected chi connectivity index (χ2v) is 14.5. The molecule has 11 rings (SSSR count). The second-order valence-electron chi connectivity index (χ2n) is 14.5. The Morgan fingerprint density at radius 1 is 0.347 bits per heavy atom. The van der Waals surface area contributed by atoms with Crippen molar-refractivity contribution in [2.24, 2.45) is 0 Å². The summed E-state index contributed by atoms with van der Waals surface area (Å²) in [6.45, 7) is 4.82. The number of hydrogen-bond acceptors (Lipinski definition) is 0. The molecule has 0 N–H and O–H groups in total. The molecule has 0 fully saturated rings. The maximum Gasteiger partial charge on any atom is 0.0165 e. The fraction of sp³-hybridized carbons (Fsp3) is 0.0612. The van der Waals surface area contributed by atoms with Gasteiger partial charge in [0.25, 0.3) is 0 Å². The number of hydrogen-bond donors (Lipinski definition) is 0. The van der Waals surface area contributed by atoms with Gasteiger partial charge in [-0.15, -0.1) is 0 Å². The lowest BCUT2D eigenvalue weighted by molar-refractivity contribution is 0.667.